The Bertz CT molecular complexity index is 4970. The lowest BCUT2D eigenvalue weighted by atomic mass is 10.00. The van der Waals surface area contributed by atoms with Gasteiger partial charge in [0.2, 0.25) is 100 Å². The van der Waals surface area contributed by atoms with Gasteiger partial charge in [-0.2, -0.15) is 0 Å². The molecule has 0 radical (unpaired) electrons. The number of para-hydroxylation sites is 2. The number of carbonyl (C=O) groups excluding carboxylic acids is 17. The fourth-order valence-electron chi connectivity index (χ4n) is 16.3. The summed E-state index contributed by atoms with van der Waals surface area (Å²) in [6, 6.07) is -1.29. The molecule has 3 saturated heterocycles. The molecular formula is C89H129N23O20S. The highest BCUT2D eigenvalue weighted by Crippen LogP contribution is 2.28. The number of ether oxygens (including phenoxy) is 1. The lowest BCUT2D eigenvalue weighted by Gasteiger charge is -2.36. The van der Waals surface area contributed by atoms with Gasteiger partial charge >= 0.3 is 0 Å². The molecule has 17 amide bonds. The van der Waals surface area contributed by atoms with Crippen molar-refractivity contribution in [3.8, 4) is 5.75 Å². The number of hydrogen-bond donors (Lipinski definition) is 20. The van der Waals surface area contributed by atoms with Crippen molar-refractivity contribution in [1.29, 1.82) is 5.41 Å². The van der Waals surface area contributed by atoms with Crippen molar-refractivity contribution < 1.29 is 96.5 Å². The number of fused-ring (bicyclic) bond motifs is 4. The fourth-order valence-corrected chi connectivity index (χ4v) is 17.2. The summed E-state index contributed by atoms with van der Waals surface area (Å²) in [5.41, 5.74) is 25.7. The SMILES string of the molecule is CCCC[C@H]1C(=O)N(C)[C@@H](CCCC)C(=O)N[C@@H](CCCNC(=N)N)C(=O)N[C@H](C(=O)NCC(N)=O)CSCC(=O)N[C@@H](Cc2ccc(OC)cc2)C(=O)N(C)[C@@H](C)C(=O)N[C@@H](CC(N)=O)C(=O)N2CCC[C@H]2C(=O)N[C@@H](CN)C(=O)N[C@@H](CC(C)C)C(=O)N2C[C@H](O)CC2C(=O)N[C@@H](Cc2c[nH]c3ccccc23)C(=O)N[C@@H](CO)C(=O)N[C@@H](Cc2c[nH]c3ccccc23)C(=O)N1C. The molecule has 3 aliphatic rings. The third kappa shape index (κ3) is 29.5. The van der Waals surface area contributed by atoms with Gasteiger partial charge in [0.25, 0.3) is 0 Å². The summed E-state index contributed by atoms with van der Waals surface area (Å²) in [5, 5.41) is 60.5. The number of unbranched alkanes of at least 4 members (excludes halogenated alkanes) is 2. The average molecular weight is 1870 g/mol. The molecule has 0 saturated carbocycles. The van der Waals surface area contributed by atoms with Crippen LogP contribution in [0.2, 0.25) is 0 Å². The number of primary amides is 2. The number of carbonyl (C=O) groups is 17. The summed E-state index contributed by atoms with van der Waals surface area (Å²) >= 11 is 0.778. The number of rotatable bonds is 26. The molecule has 8 rings (SSSR count). The zero-order chi connectivity index (χ0) is 97.6. The van der Waals surface area contributed by atoms with Gasteiger partial charge in [0.1, 0.15) is 90.3 Å². The Labute approximate surface area is 774 Å². The third-order valence-corrected chi connectivity index (χ3v) is 24.8. The Kier molecular flexibility index (Phi) is 40.1. The van der Waals surface area contributed by atoms with E-state index in [1.54, 1.807) is 99.0 Å². The molecule has 5 heterocycles. The minimum Gasteiger partial charge on any atom is -0.497 e. The highest BCUT2D eigenvalue weighted by atomic mass is 32.2. The topological polar surface area (TPSA) is 648 Å². The van der Waals surface area contributed by atoms with Gasteiger partial charge < -0.3 is 131 Å². The summed E-state index contributed by atoms with van der Waals surface area (Å²) in [5.74, 6) is -17.4. The van der Waals surface area contributed by atoms with E-state index in [1.165, 1.54) is 35.2 Å². The number of thioether (sulfide) groups is 1. The number of guanidine groups is 1. The number of aliphatic hydroxyl groups is 2. The number of methoxy groups -OCH3 is 1. The van der Waals surface area contributed by atoms with E-state index >= 15 is 33.6 Å². The van der Waals surface area contributed by atoms with E-state index in [0.717, 1.165) is 36.3 Å². The minimum absolute atomic E-state index is 0.00781. The zero-order valence-electron chi connectivity index (χ0n) is 76.5. The molecule has 5 aromatic rings. The van der Waals surface area contributed by atoms with E-state index in [0.29, 0.717) is 69.9 Å². The summed E-state index contributed by atoms with van der Waals surface area (Å²) < 4.78 is 5.34. The van der Waals surface area contributed by atoms with Crippen LogP contribution in [-0.4, -0.2) is 321 Å². The van der Waals surface area contributed by atoms with E-state index < -0.39 is 241 Å². The molecule has 0 aliphatic carbocycles. The minimum atomic E-state index is -1.89. The molecule has 3 aliphatic heterocycles. The van der Waals surface area contributed by atoms with Gasteiger partial charge in [-0.05, 0) is 98.7 Å². The van der Waals surface area contributed by atoms with Crippen LogP contribution in [0.1, 0.15) is 135 Å². The predicted molar refractivity (Wildman–Crippen MR) is 491 cm³/mol. The molecule has 44 heteroatoms. The van der Waals surface area contributed by atoms with E-state index in [2.05, 4.69) is 68.5 Å². The van der Waals surface area contributed by atoms with Crippen molar-refractivity contribution in [1.82, 2.24) is 93.0 Å². The number of nitrogens with two attached hydrogens (primary N) is 4. The first-order chi connectivity index (χ1) is 63.3. The number of benzene rings is 3. The lowest BCUT2D eigenvalue weighted by Crippen LogP contribution is -2.62. The standard InChI is InChI=1S/C89H129N23O20S/c1-10-12-25-68-81(124)100-59(24-18-32-95-89(93)94)77(120)107-67(76(119)98-43-73(92)116)46-133-47-74(117)99-62(35-50-28-30-54(132-9)31-29-50)84(127)108(6)49(5)75(118)102-64(39-72(91)115)86(129)111-33-19-27-69(111)82(125)105-65(40-90)79(122)103-61(34-48(3)4)87(130)112-44-53(114)38-71(112)83(126)101-60(36-51-41-96-57-22-16-14-20-55(51)57)78(121)106-66(45-113)80(123)104-63(37-52-42-97-58-23-17-15-21-56(52)58)85(128)110(8)70(26-13-11-2)88(131)109(68)7/h14-17,20-23,28-31,41-42,48-49,53,59-71,96-97,113-114H,10-13,18-19,24-27,32-40,43-47,90H2,1-9H3,(H2,91,115)(H2,92,116)(H,98,119)(H,99,117)(H,100,124)(H,101,126)(H,102,118)(H,103,122)(H,104,123)(H,105,125)(H,106,121)(H,107,120)(H4,93,94,95)/t49-,53+,59-,60-,61-,62-,63-,64-,65-,66-,67-,68-,69-,70-,71?/m0/s1. The van der Waals surface area contributed by atoms with Crippen molar-refractivity contribution in [2.45, 2.75) is 228 Å². The maximum absolute atomic E-state index is 15.7. The Morgan fingerprint density at radius 1 is 0.556 bits per heavy atom. The normalized spacial score (nSPS) is 24.9. The van der Waals surface area contributed by atoms with Gasteiger partial charge in [0.15, 0.2) is 5.96 Å². The van der Waals surface area contributed by atoms with Crippen molar-refractivity contribution >= 4 is 140 Å². The van der Waals surface area contributed by atoms with Crippen LogP contribution < -0.4 is 86.2 Å². The molecule has 3 fully saturated rings. The first-order valence-corrected chi connectivity index (χ1v) is 45.8. The van der Waals surface area contributed by atoms with Crippen LogP contribution in [-0.2, 0) is 101 Å². The third-order valence-electron chi connectivity index (χ3n) is 23.8. The maximum atomic E-state index is 15.7. The maximum Gasteiger partial charge on any atom is 0.246 e. The van der Waals surface area contributed by atoms with Crippen LogP contribution >= 0.6 is 11.8 Å². The molecule has 0 bridgehead atoms. The van der Waals surface area contributed by atoms with Gasteiger partial charge in [-0.1, -0.05) is 102 Å². The number of aliphatic hydroxyl groups excluding tert-OH is 2. The summed E-state index contributed by atoms with van der Waals surface area (Å²) in [6.45, 7) is 5.45. The monoisotopic (exact) mass is 1870 g/mol. The number of likely N-dealkylation sites (N-methyl/N-ethyl adjacent to an activating group) is 3. The number of aromatic nitrogens is 2. The average Bonchev–Trinajstić information content (AvgIpc) is 1.78. The first kappa shape index (κ1) is 105. The molecule has 3 aromatic carbocycles. The Morgan fingerprint density at radius 3 is 1.68 bits per heavy atom. The highest BCUT2D eigenvalue weighted by molar-refractivity contribution is 8.00. The molecular weight excluding hydrogens is 1740 g/mol. The number of hydrogen-bond acceptors (Lipinski definition) is 23. The highest BCUT2D eigenvalue weighted by Gasteiger charge is 2.47. The number of H-pyrrole nitrogens is 2. The molecule has 43 nitrogen and oxygen atoms in total. The van der Waals surface area contributed by atoms with Gasteiger partial charge in [0, 0.05) is 113 Å². The molecule has 2 aromatic heterocycles. The van der Waals surface area contributed by atoms with Crippen molar-refractivity contribution in [3.63, 3.8) is 0 Å². The number of amides is 17. The summed E-state index contributed by atoms with van der Waals surface area (Å²) in [6.07, 6.45) is 1.41. The molecule has 0 spiro atoms. The fraction of sp³-hybridized carbons (Fsp3) is 0.551. The van der Waals surface area contributed by atoms with E-state index in [4.69, 9.17) is 33.1 Å². The van der Waals surface area contributed by atoms with Crippen LogP contribution in [0.4, 0.5) is 0 Å². The molecule has 726 valence electrons. The van der Waals surface area contributed by atoms with Gasteiger partial charge in [-0.15, -0.1) is 11.8 Å². The first-order valence-electron chi connectivity index (χ1n) is 44.7. The second-order valence-electron chi connectivity index (χ2n) is 34.1. The van der Waals surface area contributed by atoms with E-state index in [9.17, 15) is 58.2 Å². The van der Waals surface area contributed by atoms with Crippen LogP contribution in [0.3, 0.4) is 0 Å². The molecule has 24 N–H and O–H groups in total. The number of aromatic amines is 2. The van der Waals surface area contributed by atoms with E-state index in [1.807, 2.05) is 13.8 Å². The van der Waals surface area contributed by atoms with Gasteiger partial charge in [-0.3, -0.25) is 86.9 Å². The van der Waals surface area contributed by atoms with Crippen LogP contribution in [0, 0.1) is 11.3 Å². The largest absolute Gasteiger partial charge is 0.497 e. The second-order valence-corrected chi connectivity index (χ2v) is 35.1. The van der Waals surface area contributed by atoms with Crippen molar-refractivity contribution in [3.05, 3.63) is 102 Å². The van der Waals surface area contributed by atoms with E-state index in [-0.39, 0.29) is 89.6 Å². The summed E-state index contributed by atoms with van der Waals surface area (Å²) in [7, 11) is 5.36. The molecule has 133 heavy (non-hydrogen) atoms. The van der Waals surface area contributed by atoms with Crippen molar-refractivity contribution in [2.75, 3.05) is 79.1 Å². The van der Waals surface area contributed by atoms with Crippen LogP contribution in [0.25, 0.3) is 21.8 Å². The van der Waals surface area contributed by atoms with Crippen LogP contribution in [0.15, 0.2) is 85.2 Å². The molecule has 15 atom stereocenters. The van der Waals surface area contributed by atoms with Gasteiger partial charge in [-0.25, -0.2) is 0 Å². The number of nitrogens with one attached hydrogen (secondary N) is 14. The Balaban J connectivity index is 1.19. The van der Waals surface area contributed by atoms with Crippen molar-refractivity contribution in [2.24, 2.45) is 28.9 Å². The quantitative estimate of drug-likeness (QED) is 0.0144. The molecule has 1 unspecified atom stereocenters. The second kappa shape index (κ2) is 50.6. The zero-order valence-corrected chi connectivity index (χ0v) is 77.3. The Hall–Kier alpha value is -13.0. The Morgan fingerprint density at radius 2 is 1.08 bits per heavy atom. The number of nitrogens with zero attached hydrogens (tertiary/aromatic N) is 5. The lowest BCUT2D eigenvalue weighted by molar-refractivity contribution is -0.149. The summed E-state index contributed by atoms with van der Waals surface area (Å²) in [4.78, 5) is 261. The smallest absolute Gasteiger partial charge is 0.246 e. The van der Waals surface area contributed by atoms with Crippen LogP contribution in [0.5, 0.6) is 5.75 Å². The van der Waals surface area contributed by atoms with Gasteiger partial charge in [0.05, 0.1) is 38.5 Å². The predicted octanol–water partition coefficient (Wildman–Crippen LogP) is -3.63.